The van der Waals surface area contributed by atoms with Crippen molar-refractivity contribution in [3.8, 4) is 0 Å². The highest BCUT2D eigenvalue weighted by Gasteiger charge is 2.18. The molecule has 0 bridgehead atoms. The van der Waals surface area contributed by atoms with Crippen molar-refractivity contribution in [2.45, 2.75) is 6.29 Å². The van der Waals surface area contributed by atoms with Crippen molar-refractivity contribution in [3.05, 3.63) is 42.0 Å². The lowest BCUT2D eigenvalue weighted by Gasteiger charge is -2.06. The van der Waals surface area contributed by atoms with Crippen LogP contribution in [-0.2, 0) is 14.3 Å². The zero-order valence-corrected chi connectivity index (χ0v) is 8.63. The molecule has 84 valence electrons. The third-order valence-corrected chi connectivity index (χ3v) is 2.27. The lowest BCUT2D eigenvalue weighted by Crippen LogP contribution is -2.08. The van der Waals surface area contributed by atoms with Crippen LogP contribution in [-0.4, -0.2) is 30.6 Å². The van der Waals surface area contributed by atoms with Gasteiger partial charge in [0.15, 0.2) is 6.29 Å². The molecule has 4 nitrogen and oxygen atoms in total. The van der Waals surface area contributed by atoms with Crippen LogP contribution in [0.1, 0.15) is 5.56 Å². The van der Waals surface area contributed by atoms with Gasteiger partial charge in [-0.3, -0.25) is 0 Å². The molecule has 1 fully saturated rings. The normalized spacial score (nSPS) is 17.6. The van der Waals surface area contributed by atoms with Crippen molar-refractivity contribution in [1.82, 2.24) is 0 Å². The van der Waals surface area contributed by atoms with E-state index in [4.69, 9.17) is 14.6 Å². The van der Waals surface area contributed by atoms with Crippen LogP contribution in [0.25, 0.3) is 5.57 Å². The van der Waals surface area contributed by atoms with E-state index in [9.17, 15) is 4.79 Å². The largest absolute Gasteiger partial charge is 0.478 e. The highest BCUT2D eigenvalue weighted by molar-refractivity contribution is 6.15. The number of hydrogen-bond donors (Lipinski definition) is 1. The Bertz CT molecular complexity index is 391. The van der Waals surface area contributed by atoms with Crippen molar-refractivity contribution < 1.29 is 19.4 Å². The maximum atomic E-state index is 11.1. The first kappa shape index (κ1) is 10.9. The number of rotatable bonds is 3. The SMILES string of the molecule is O=C(O)C(=CC1OCCO1)c1ccccc1. The summed E-state index contributed by atoms with van der Waals surface area (Å²) < 4.78 is 10.4. The smallest absolute Gasteiger partial charge is 0.336 e. The molecule has 0 spiro atoms. The predicted molar refractivity (Wildman–Crippen MR) is 57.7 cm³/mol. The highest BCUT2D eigenvalue weighted by atomic mass is 16.7. The van der Waals surface area contributed by atoms with Crippen molar-refractivity contribution >= 4 is 11.5 Å². The van der Waals surface area contributed by atoms with E-state index in [1.807, 2.05) is 6.07 Å². The molecule has 0 aliphatic carbocycles. The van der Waals surface area contributed by atoms with Gasteiger partial charge in [0, 0.05) is 0 Å². The summed E-state index contributed by atoms with van der Waals surface area (Å²) >= 11 is 0. The Morgan fingerprint density at radius 2 is 1.88 bits per heavy atom. The van der Waals surface area contributed by atoms with Gasteiger partial charge >= 0.3 is 5.97 Å². The van der Waals surface area contributed by atoms with Crippen molar-refractivity contribution in [3.63, 3.8) is 0 Å². The first-order chi connectivity index (χ1) is 7.77. The summed E-state index contributed by atoms with van der Waals surface area (Å²) in [5, 5.41) is 9.11. The van der Waals surface area contributed by atoms with Gasteiger partial charge in [0.1, 0.15) is 0 Å². The van der Waals surface area contributed by atoms with E-state index >= 15 is 0 Å². The van der Waals surface area contributed by atoms with E-state index in [1.54, 1.807) is 24.3 Å². The van der Waals surface area contributed by atoms with Gasteiger partial charge in [0.25, 0.3) is 0 Å². The van der Waals surface area contributed by atoms with E-state index in [0.29, 0.717) is 18.8 Å². The van der Waals surface area contributed by atoms with Crippen LogP contribution in [0, 0.1) is 0 Å². The van der Waals surface area contributed by atoms with Crippen LogP contribution >= 0.6 is 0 Å². The number of aliphatic carboxylic acids is 1. The van der Waals surface area contributed by atoms with E-state index in [-0.39, 0.29) is 5.57 Å². The van der Waals surface area contributed by atoms with E-state index in [2.05, 4.69) is 0 Å². The Morgan fingerprint density at radius 1 is 1.25 bits per heavy atom. The monoisotopic (exact) mass is 220 g/mol. The lowest BCUT2D eigenvalue weighted by atomic mass is 10.1. The molecule has 0 unspecified atom stereocenters. The van der Waals surface area contributed by atoms with Crippen LogP contribution < -0.4 is 0 Å². The van der Waals surface area contributed by atoms with Crippen molar-refractivity contribution in [2.24, 2.45) is 0 Å². The van der Waals surface area contributed by atoms with Gasteiger partial charge in [-0.05, 0) is 11.6 Å². The number of ether oxygens (including phenoxy) is 2. The summed E-state index contributed by atoms with van der Waals surface area (Å²) in [7, 11) is 0. The minimum absolute atomic E-state index is 0.201. The van der Waals surface area contributed by atoms with Gasteiger partial charge in [0.05, 0.1) is 18.8 Å². The average Bonchev–Trinajstić information content (AvgIpc) is 2.79. The molecule has 16 heavy (non-hydrogen) atoms. The Labute approximate surface area is 93.1 Å². The van der Waals surface area contributed by atoms with Gasteiger partial charge in [-0.1, -0.05) is 30.3 Å². The topological polar surface area (TPSA) is 55.8 Å². The molecular weight excluding hydrogens is 208 g/mol. The fourth-order valence-corrected chi connectivity index (χ4v) is 1.52. The molecule has 1 saturated heterocycles. The second-order valence-electron chi connectivity index (χ2n) is 3.36. The minimum atomic E-state index is -0.981. The van der Waals surface area contributed by atoms with Crippen LogP contribution in [0.2, 0.25) is 0 Å². The molecule has 1 aromatic rings. The van der Waals surface area contributed by atoms with Crippen LogP contribution in [0.15, 0.2) is 36.4 Å². The molecule has 0 atom stereocenters. The predicted octanol–water partition coefficient (Wildman–Crippen LogP) is 1.53. The molecule has 1 aliphatic rings. The Kier molecular flexibility index (Phi) is 3.34. The molecule has 0 amide bonds. The minimum Gasteiger partial charge on any atom is -0.478 e. The van der Waals surface area contributed by atoms with Gasteiger partial charge in [-0.15, -0.1) is 0 Å². The highest BCUT2D eigenvalue weighted by Crippen LogP contribution is 2.17. The third kappa shape index (κ3) is 2.48. The zero-order chi connectivity index (χ0) is 11.4. The Hall–Kier alpha value is -1.65. The summed E-state index contributed by atoms with van der Waals surface area (Å²) in [5.74, 6) is -0.981. The molecule has 0 saturated carbocycles. The van der Waals surface area contributed by atoms with Gasteiger partial charge in [0.2, 0.25) is 0 Å². The summed E-state index contributed by atoms with van der Waals surface area (Å²) in [6.45, 7) is 1.01. The second kappa shape index (κ2) is 4.92. The fourth-order valence-electron chi connectivity index (χ4n) is 1.52. The van der Waals surface area contributed by atoms with E-state index < -0.39 is 12.3 Å². The van der Waals surface area contributed by atoms with Crippen LogP contribution in [0.5, 0.6) is 0 Å². The molecule has 1 N–H and O–H groups in total. The molecule has 1 aromatic carbocycles. The van der Waals surface area contributed by atoms with E-state index in [1.165, 1.54) is 6.08 Å². The lowest BCUT2D eigenvalue weighted by molar-refractivity contribution is -0.130. The number of carboxylic acid groups (broad SMARTS) is 1. The zero-order valence-electron chi connectivity index (χ0n) is 8.63. The number of carbonyl (C=O) groups is 1. The van der Waals surface area contributed by atoms with Gasteiger partial charge in [-0.25, -0.2) is 4.79 Å². The second-order valence-corrected chi connectivity index (χ2v) is 3.36. The van der Waals surface area contributed by atoms with E-state index in [0.717, 1.165) is 0 Å². The Morgan fingerprint density at radius 3 is 2.44 bits per heavy atom. The first-order valence-corrected chi connectivity index (χ1v) is 5.01. The maximum Gasteiger partial charge on any atom is 0.336 e. The molecule has 4 heteroatoms. The quantitative estimate of drug-likeness (QED) is 0.785. The molecule has 0 aromatic heterocycles. The summed E-state index contributed by atoms with van der Waals surface area (Å²) in [6, 6.07) is 8.92. The molecular formula is C12H12O4. The number of benzene rings is 1. The number of hydrogen-bond acceptors (Lipinski definition) is 3. The average molecular weight is 220 g/mol. The maximum absolute atomic E-state index is 11.1. The van der Waals surface area contributed by atoms with Gasteiger partial charge < -0.3 is 14.6 Å². The molecule has 1 aliphatic heterocycles. The van der Waals surface area contributed by atoms with Gasteiger partial charge in [-0.2, -0.15) is 0 Å². The third-order valence-electron chi connectivity index (χ3n) is 2.27. The molecule has 0 radical (unpaired) electrons. The fraction of sp³-hybridized carbons (Fsp3) is 0.250. The summed E-state index contributed by atoms with van der Waals surface area (Å²) in [4.78, 5) is 11.1. The summed E-state index contributed by atoms with van der Waals surface area (Å²) in [5.41, 5.74) is 0.849. The first-order valence-electron chi connectivity index (χ1n) is 5.01. The van der Waals surface area contributed by atoms with Crippen molar-refractivity contribution in [2.75, 3.05) is 13.2 Å². The molecule has 1 heterocycles. The number of carboxylic acids is 1. The molecule has 2 rings (SSSR count). The summed E-state index contributed by atoms with van der Waals surface area (Å²) in [6.07, 6.45) is 0.941. The van der Waals surface area contributed by atoms with Crippen LogP contribution in [0.3, 0.4) is 0 Å². The Balaban J connectivity index is 2.26. The van der Waals surface area contributed by atoms with Crippen molar-refractivity contribution in [1.29, 1.82) is 0 Å². The van der Waals surface area contributed by atoms with Crippen LogP contribution in [0.4, 0.5) is 0 Å². The standard InChI is InChI=1S/C12H12O4/c13-12(14)10(8-11-15-6-7-16-11)9-4-2-1-3-5-9/h1-5,8,11H,6-7H2,(H,13,14).